The molecule has 1 atom stereocenters. The van der Waals surface area contributed by atoms with E-state index in [0.29, 0.717) is 0 Å². The summed E-state index contributed by atoms with van der Waals surface area (Å²) >= 11 is 0. The van der Waals surface area contributed by atoms with E-state index in [9.17, 15) is 5.11 Å². The van der Waals surface area contributed by atoms with Gasteiger partial charge in [-0.05, 0) is 24.3 Å². The van der Waals surface area contributed by atoms with E-state index in [1.807, 2.05) is 13.1 Å². The topological polar surface area (TPSA) is 61.3 Å². The van der Waals surface area contributed by atoms with E-state index in [1.165, 1.54) is 0 Å². The molecule has 0 aliphatic carbocycles. The number of hydrogen-bond donors (Lipinski definition) is 2. The summed E-state index contributed by atoms with van der Waals surface area (Å²) in [6, 6.07) is 1.85. The van der Waals surface area contributed by atoms with Crippen molar-refractivity contribution in [3.8, 4) is 0 Å². The highest BCUT2D eigenvalue weighted by Crippen LogP contribution is 2.29. The molecule has 1 saturated heterocycles. The Labute approximate surface area is 108 Å². The van der Waals surface area contributed by atoms with Crippen LogP contribution in [0, 0.1) is 5.41 Å². The Balaban J connectivity index is 2.20. The second-order valence-corrected chi connectivity index (χ2v) is 5.72. The molecule has 2 heterocycles. The lowest BCUT2D eigenvalue weighted by atomic mass is 9.87. The van der Waals surface area contributed by atoms with Gasteiger partial charge >= 0.3 is 0 Å². The van der Waals surface area contributed by atoms with Gasteiger partial charge in [-0.3, -0.25) is 0 Å². The molecule has 1 unspecified atom stereocenters. The highest BCUT2D eigenvalue weighted by Gasteiger charge is 2.30. The minimum atomic E-state index is -0.225. The molecule has 100 valence electrons. The number of nitrogens with zero attached hydrogens (tertiary/aromatic N) is 3. The van der Waals surface area contributed by atoms with Gasteiger partial charge < -0.3 is 15.3 Å². The maximum absolute atomic E-state index is 9.91. The largest absolute Gasteiger partial charge is 0.393 e. The van der Waals surface area contributed by atoms with Gasteiger partial charge in [0.25, 0.3) is 0 Å². The Hall–Kier alpha value is -1.36. The number of aliphatic hydroxyl groups is 1. The molecule has 1 aliphatic heterocycles. The lowest BCUT2D eigenvalue weighted by Crippen LogP contribution is -2.34. The summed E-state index contributed by atoms with van der Waals surface area (Å²) in [5, 5.41) is 12.9. The predicted molar refractivity (Wildman–Crippen MR) is 72.8 cm³/mol. The van der Waals surface area contributed by atoms with Gasteiger partial charge in [0.2, 0.25) is 5.95 Å². The number of rotatable bonds is 2. The van der Waals surface area contributed by atoms with Crippen molar-refractivity contribution in [1.29, 1.82) is 0 Å². The van der Waals surface area contributed by atoms with Crippen LogP contribution in [-0.2, 0) is 0 Å². The van der Waals surface area contributed by atoms with Gasteiger partial charge in [-0.25, -0.2) is 4.98 Å². The van der Waals surface area contributed by atoms with Gasteiger partial charge in [0, 0.05) is 26.3 Å². The van der Waals surface area contributed by atoms with Crippen LogP contribution in [0.4, 0.5) is 11.8 Å². The van der Waals surface area contributed by atoms with E-state index >= 15 is 0 Å². The smallest absolute Gasteiger partial charge is 0.227 e. The zero-order valence-electron chi connectivity index (χ0n) is 11.3. The van der Waals surface area contributed by atoms with Crippen molar-refractivity contribution >= 4 is 11.8 Å². The molecule has 0 bridgehead atoms. The normalized spacial score (nSPS) is 23.6. The number of aliphatic hydroxyl groups excluding tert-OH is 1. The van der Waals surface area contributed by atoms with Gasteiger partial charge in [-0.15, -0.1) is 0 Å². The number of hydrogen-bond acceptors (Lipinski definition) is 5. The SMILES string of the molecule is CNc1ccnc(N2CCC(O)CC(C)(C)C2)n1. The van der Waals surface area contributed by atoms with Gasteiger partial charge in [-0.1, -0.05) is 13.8 Å². The Morgan fingerprint density at radius 1 is 1.50 bits per heavy atom. The summed E-state index contributed by atoms with van der Waals surface area (Å²) in [7, 11) is 1.85. The summed E-state index contributed by atoms with van der Waals surface area (Å²) in [5.74, 6) is 1.56. The van der Waals surface area contributed by atoms with Crippen LogP contribution in [0.15, 0.2) is 12.3 Å². The molecule has 5 heteroatoms. The first kappa shape index (κ1) is 13.1. The molecule has 0 aromatic carbocycles. The van der Waals surface area contributed by atoms with Crippen LogP contribution in [-0.4, -0.2) is 41.3 Å². The number of aromatic nitrogens is 2. The summed E-state index contributed by atoms with van der Waals surface area (Å²) in [6.07, 6.45) is 3.14. The van der Waals surface area contributed by atoms with Gasteiger partial charge in [0.05, 0.1) is 6.10 Å². The van der Waals surface area contributed by atoms with Crippen molar-refractivity contribution in [1.82, 2.24) is 9.97 Å². The first-order chi connectivity index (χ1) is 8.50. The van der Waals surface area contributed by atoms with E-state index in [1.54, 1.807) is 6.20 Å². The zero-order chi connectivity index (χ0) is 13.2. The summed E-state index contributed by atoms with van der Waals surface area (Å²) in [4.78, 5) is 11.0. The quantitative estimate of drug-likeness (QED) is 0.833. The van der Waals surface area contributed by atoms with Crippen molar-refractivity contribution in [2.45, 2.75) is 32.8 Å². The van der Waals surface area contributed by atoms with Crippen LogP contribution in [0.3, 0.4) is 0 Å². The second-order valence-electron chi connectivity index (χ2n) is 5.72. The maximum Gasteiger partial charge on any atom is 0.227 e. The molecule has 1 fully saturated rings. The summed E-state index contributed by atoms with van der Waals surface area (Å²) in [6.45, 7) is 6.03. The standard InChI is InChI=1S/C13H22N4O/c1-13(2)8-10(18)5-7-17(9-13)12-15-6-4-11(14-3)16-12/h4,6,10,18H,5,7-9H2,1-3H3,(H,14,15,16). The highest BCUT2D eigenvalue weighted by molar-refractivity contribution is 5.41. The van der Waals surface area contributed by atoms with E-state index in [0.717, 1.165) is 37.7 Å². The van der Waals surface area contributed by atoms with Crippen molar-refractivity contribution in [3.63, 3.8) is 0 Å². The summed E-state index contributed by atoms with van der Waals surface area (Å²) in [5.41, 5.74) is 0.0783. The minimum Gasteiger partial charge on any atom is -0.393 e. The lowest BCUT2D eigenvalue weighted by Gasteiger charge is -2.29. The monoisotopic (exact) mass is 250 g/mol. The first-order valence-electron chi connectivity index (χ1n) is 6.44. The third-order valence-electron chi connectivity index (χ3n) is 3.32. The van der Waals surface area contributed by atoms with Crippen molar-refractivity contribution in [2.24, 2.45) is 5.41 Å². The Bertz CT molecular complexity index is 408. The molecular weight excluding hydrogens is 228 g/mol. The van der Waals surface area contributed by atoms with Crippen LogP contribution in [0.2, 0.25) is 0 Å². The average Bonchev–Trinajstić information content (AvgIpc) is 2.47. The lowest BCUT2D eigenvalue weighted by molar-refractivity contribution is 0.123. The molecule has 0 saturated carbocycles. The molecule has 1 aliphatic rings. The maximum atomic E-state index is 9.91. The Kier molecular flexibility index (Phi) is 3.71. The van der Waals surface area contributed by atoms with Gasteiger partial charge in [0.15, 0.2) is 0 Å². The van der Waals surface area contributed by atoms with Crippen molar-refractivity contribution < 1.29 is 5.11 Å². The fourth-order valence-corrected chi connectivity index (χ4v) is 2.52. The van der Waals surface area contributed by atoms with Crippen molar-refractivity contribution in [2.75, 3.05) is 30.4 Å². The molecule has 2 N–H and O–H groups in total. The second kappa shape index (κ2) is 5.10. The third kappa shape index (κ3) is 3.10. The van der Waals surface area contributed by atoms with Crippen LogP contribution in [0.1, 0.15) is 26.7 Å². The van der Waals surface area contributed by atoms with E-state index in [2.05, 4.69) is 34.0 Å². The highest BCUT2D eigenvalue weighted by atomic mass is 16.3. The summed E-state index contributed by atoms with van der Waals surface area (Å²) < 4.78 is 0. The Morgan fingerprint density at radius 2 is 2.28 bits per heavy atom. The van der Waals surface area contributed by atoms with E-state index in [-0.39, 0.29) is 11.5 Å². The minimum absolute atomic E-state index is 0.0783. The average molecular weight is 250 g/mol. The number of anilines is 2. The molecule has 2 rings (SSSR count). The van der Waals surface area contributed by atoms with E-state index < -0.39 is 0 Å². The van der Waals surface area contributed by atoms with Crippen LogP contribution in [0.5, 0.6) is 0 Å². The molecule has 5 nitrogen and oxygen atoms in total. The third-order valence-corrected chi connectivity index (χ3v) is 3.32. The molecule has 18 heavy (non-hydrogen) atoms. The van der Waals surface area contributed by atoms with Crippen LogP contribution >= 0.6 is 0 Å². The van der Waals surface area contributed by atoms with Gasteiger partial charge in [0.1, 0.15) is 5.82 Å². The zero-order valence-corrected chi connectivity index (χ0v) is 11.3. The predicted octanol–water partition coefficient (Wildman–Crippen LogP) is 1.51. The molecule has 0 radical (unpaired) electrons. The van der Waals surface area contributed by atoms with E-state index in [4.69, 9.17) is 0 Å². The first-order valence-corrected chi connectivity index (χ1v) is 6.44. The van der Waals surface area contributed by atoms with Crippen molar-refractivity contribution in [3.05, 3.63) is 12.3 Å². The molecule has 1 aromatic rings. The molecule has 1 aromatic heterocycles. The Morgan fingerprint density at radius 3 is 3.00 bits per heavy atom. The van der Waals surface area contributed by atoms with Crippen LogP contribution < -0.4 is 10.2 Å². The number of nitrogens with one attached hydrogen (secondary N) is 1. The van der Waals surface area contributed by atoms with Gasteiger partial charge in [-0.2, -0.15) is 4.98 Å². The molecule has 0 amide bonds. The molecular formula is C13H22N4O. The molecule has 0 spiro atoms. The fourth-order valence-electron chi connectivity index (χ4n) is 2.52. The van der Waals surface area contributed by atoms with Crippen LogP contribution in [0.25, 0.3) is 0 Å². The fraction of sp³-hybridized carbons (Fsp3) is 0.692.